The van der Waals surface area contributed by atoms with Crippen molar-refractivity contribution in [3.63, 3.8) is 0 Å². The van der Waals surface area contributed by atoms with Crippen LogP contribution in [0.1, 0.15) is 43.5 Å². The van der Waals surface area contributed by atoms with Crippen LogP contribution in [0.3, 0.4) is 0 Å². The summed E-state index contributed by atoms with van der Waals surface area (Å²) >= 11 is 0. The first-order valence-electron chi connectivity index (χ1n) is 9.29. The molecule has 0 N–H and O–H groups in total. The van der Waals surface area contributed by atoms with Gasteiger partial charge in [0.25, 0.3) is 0 Å². The molecule has 0 saturated heterocycles. The molecule has 146 valence electrons. The minimum Gasteiger partial charge on any atom is -0.496 e. The minimum absolute atomic E-state index is 0.00733. The summed E-state index contributed by atoms with van der Waals surface area (Å²) < 4.78 is 17.0. The Labute approximate surface area is 164 Å². The van der Waals surface area contributed by atoms with Crippen LogP contribution in [-0.2, 0) is 0 Å². The highest BCUT2D eigenvalue weighted by molar-refractivity contribution is 7.28. The maximum atomic E-state index is 13.1. The van der Waals surface area contributed by atoms with Crippen LogP contribution in [0.2, 0.25) is 0 Å². The lowest BCUT2D eigenvalue weighted by Gasteiger charge is -2.25. The fourth-order valence-corrected chi connectivity index (χ4v) is 3.40. The summed E-state index contributed by atoms with van der Waals surface area (Å²) in [5, 5.41) is 0.817. The number of hydrogen-bond donors (Lipinski definition) is 0. The van der Waals surface area contributed by atoms with Crippen molar-refractivity contribution < 1.29 is 19.0 Å². The Hall–Kier alpha value is -2.06. The molecule has 5 heteroatoms. The summed E-state index contributed by atoms with van der Waals surface area (Å²) in [6.07, 6.45) is 2.50. The second-order valence-corrected chi connectivity index (χ2v) is 7.21. The van der Waals surface area contributed by atoms with Gasteiger partial charge < -0.3 is 14.2 Å². The summed E-state index contributed by atoms with van der Waals surface area (Å²) in [6.45, 7) is 4.22. The zero-order valence-electron chi connectivity index (χ0n) is 16.5. The van der Waals surface area contributed by atoms with E-state index in [-0.39, 0.29) is 11.7 Å². The van der Waals surface area contributed by atoms with E-state index >= 15 is 0 Å². The topological polar surface area (TPSA) is 44.8 Å². The van der Waals surface area contributed by atoms with Crippen LogP contribution in [0, 0.1) is 5.92 Å². The van der Waals surface area contributed by atoms with Crippen LogP contribution in [0.5, 0.6) is 17.2 Å². The van der Waals surface area contributed by atoms with E-state index in [2.05, 4.69) is 23.1 Å². The molecule has 0 amide bonds. The third-order valence-electron chi connectivity index (χ3n) is 4.63. The van der Waals surface area contributed by atoms with Gasteiger partial charge in [-0.3, -0.25) is 4.79 Å². The van der Waals surface area contributed by atoms with E-state index < -0.39 is 6.10 Å². The molecule has 0 aliphatic rings. The van der Waals surface area contributed by atoms with Gasteiger partial charge >= 0.3 is 0 Å². The predicted octanol–water partition coefficient (Wildman–Crippen LogP) is 4.66. The van der Waals surface area contributed by atoms with Crippen LogP contribution < -0.4 is 19.5 Å². The van der Waals surface area contributed by atoms with Crippen LogP contribution in [0.4, 0.5) is 0 Å². The van der Waals surface area contributed by atoms with Gasteiger partial charge in [-0.2, -0.15) is 0 Å². The van der Waals surface area contributed by atoms with Crippen LogP contribution >= 0.6 is 9.24 Å². The lowest BCUT2D eigenvalue weighted by Crippen LogP contribution is -2.34. The summed E-state index contributed by atoms with van der Waals surface area (Å²) in [6, 6.07) is 12.9. The SMILES string of the molecule is CCCCC(C)C(Oc1cc(OC)c(P)c(OC)c1)C(=O)c1ccccc1. The maximum absolute atomic E-state index is 13.1. The number of Topliss-reactive ketones (excluding diaryl/α,β-unsaturated/α-hetero) is 1. The summed E-state index contributed by atoms with van der Waals surface area (Å²) in [5.41, 5.74) is 0.660. The molecule has 0 aliphatic heterocycles. The first-order valence-corrected chi connectivity index (χ1v) is 9.86. The lowest BCUT2D eigenvalue weighted by molar-refractivity contribution is 0.0680. The number of benzene rings is 2. The van der Waals surface area contributed by atoms with Crippen molar-refractivity contribution in [3.8, 4) is 17.2 Å². The van der Waals surface area contributed by atoms with E-state index in [1.54, 1.807) is 26.4 Å². The minimum atomic E-state index is -0.566. The second-order valence-electron chi connectivity index (χ2n) is 6.63. The Kier molecular flexibility index (Phi) is 8.12. The number of methoxy groups -OCH3 is 2. The van der Waals surface area contributed by atoms with E-state index in [4.69, 9.17) is 14.2 Å². The van der Waals surface area contributed by atoms with Gasteiger partial charge in [0.05, 0.1) is 19.5 Å². The highest BCUT2D eigenvalue weighted by Gasteiger charge is 2.28. The van der Waals surface area contributed by atoms with Crippen LogP contribution in [0.25, 0.3) is 0 Å². The van der Waals surface area contributed by atoms with Gasteiger partial charge in [-0.15, -0.1) is 0 Å². The summed E-state index contributed by atoms with van der Waals surface area (Å²) in [5.74, 6) is 1.92. The predicted molar refractivity (Wildman–Crippen MR) is 113 cm³/mol. The third kappa shape index (κ3) is 5.46. The molecule has 0 aliphatic carbocycles. The molecule has 0 saturated carbocycles. The number of ketones is 1. The number of unbranched alkanes of at least 4 members (excludes halogenated alkanes) is 1. The van der Waals surface area contributed by atoms with Crippen molar-refractivity contribution in [2.75, 3.05) is 14.2 Å². The molecule has 2 rings (SSSR count). The largest absolute Gasteiger partial charge is 0.496 e. The van der Waals surface area contributed by atoms with Crippen molar-refractivity contribution in [2.45, 2.75) is 39.2 Å². The van der Waals surface area contributed by atoms with Crippen molar-refractivity contribution in [1.82, 2.24) is 0 Å². The number of hydrogen-bond acceptors (Lipinski definition) is 4. The average molecular weight is 388 g/mol. The number of carbonyl (C=O) groups excluding carboxylic acids is 1. The molecule has 0 bridgehead atoms. The fraction of sp³-hybridized carbons (Fsp3) is 0.409. The Morgan fingerprint density at radius 3 is 2.19 bits per heavy atom. The van der Waals surface area contributed by atoms with E-state index in [0.29, 0.717) is 22.8 Å². The first kappa shape index (κ1) is 21.2. The van der Waals surface area contributed by atoms with Crippen molar-refractivity contribution in [3.05, 3.63) is 48.0 Å². The molecule has 0 heterocycles. The van der Waals surface area contributed by atoms with Gasteiger partial charge in [-0.05, 0) is 6.42 Å². The van der Waals surface area contributed by atoms with Crippen molar-refractivity contribution >= 4 is 20.3 Å². The van der Waals surface area contributed by atoms with Gasteiger partial charge in [-0.1, -0.05) is 66.3 Å². The van der Waals surface area contributed by atoms with Crippen molar-refractivity contribution in [2.24, 2.45) is 5.92 Å². The molecule has 27 heavy (non-hydrogen) atoms. The first-order chi connectivity index (χ1) is 13.0. The van der Waals surface area contributed by atoms with Gasteiger partial charge in [-0.25, -0.2) is 0 Å². The van der Waals surface area contributed by atoms with Gasteiger partial charge in [0.2, 0.25) is 5.78 Å². The Morgan fingerprint density at radius 2 is 1.67 bits per heavy atom. The van der Waals surface area contributed by atoms with E-state index in [1.807, 2.05) is 30.3 Å². The molecule has 2 aromatic carbocycles. The van der Waals surface area contributed by atoms with E-state index in [1.165, 1.54) is 0 Å². The zero-order chi connectivity index (χ0) is 19.8. The van der Waals surface area contributed by atoms with E-state index in [9.17, 15) is 4.79 Å². The van der Waals surface area contributed by atoms with Gasteiger partial charge in [0.1, 0.15) is 17.2 Å². The molecular formula is C22H29O4P. The van der Waals surface area contributed by atoms with Crippen LogP contribution in [0.15, 0.2) is 42.5 Å². The van der Waals surface area contributed by atoms with Crippen molar-refractivity contribution in [1.29, 1.82) is 0 Å². The van der Waals surface area contributed by atoms with Gasteiger partial charge in [0.15, 0.2) is 6.10 Å². The second kappa shape index (κ2) is 10.3. The lowest BCUT2D eigenvalue weighted by atomic mass is 9.92. The highest BCUT2D eigenvalue weighted by Crippen LogP contribution is 2.30. The summed E-state index contributed by atoms with van der Waals surface area (Å²) in [4.78, 5) is 13.1. The van der Waals surface area contributed by atoms with Crippen LogP contribution in [-0.4, -0.2) is 26.1 Å². The molecule has 0 radical (unpaired) electrons. The normalized spacial score (nSPS) is 12.9. The molecule has 2 aromatic rings. The number of rotatable bonds is 10. The molecule has 3 unspecified atom stereocenters. The molecule has 0 aromatic heterocycles. The zero-order valence-corrected chi connectivity index (χ0v) is 17.7. The Bertz CT molecular complexity index is 720. The monoisotopic (exact) mass is 388 g/mol. The molecule has 0 spiro atoms. The average Bonchev–Trinajstić information content (AvgIpc) is 2.71. The number of ether oxygens (including phenoxy) is 3. The molecule has 0 fully saturated rings. The Morgan fingerprint density at radius 1 is 1.07 bits per heavy atom. The highest BCUT2D eigenvalue weighted by atomic mass is 31.0. The number of carbonyl (C=O) groups is 1. The molecule has 3 atom stereocenters. The Balaban J connectivity index is 2.35. The van der Waals surface area contributed by atoms with Gasteiger partial charge in [0, 0.05) is 23.6 Å². The third-order valence-corrected chi connectivity index (χ3v) is 5.20. The smallest absolute Gasteiger partial charge is 0.203 e. The molecule has 4 nitrogen and oxygen atoms in total. The summed E-state index contributed by atoms with van der Waals surface area (Å²) in [7, 11) is 5.81. The fourth-order valence-electron chi connectivity index (χ4n) is 3.00. The standard InChI is InChI=1S/C22H29O4P/c1-5-6-10-15(2)21(20(23)16-11-8-7-9-12-16)26-17-13-18(24-3)22(27)19(14-17)25-4/h7-9,11-15,21H,5-6,10,27H2,1-4H3. The maximum Gasteiger partial charge on any atom is 0.203 e. The van der Waals surface area contributed by atoms with E-state index in [0.717, 1.165) is 24.6 Å². The molecular weight excluding hydrogens is 359 g/mol. The quantitative estimate of drug-likeness (QED) is 0.439.